The van der Waals surface area contributed by atoms with Gasteiger partial charge in [-0.1, -0.05) is 36.4 Å². The van der Waals surface area contributed by atoms with Gasteiger partial charge in [0.2, 0.25) is 0 Å². The molecule has 1 aromatic carbocycles. The summed E-state index contributed by atoms with van der Waals surface area (Å²) >= 11 is 0. The van der Waals surface area contributed by atoms with Crippen molar-refractivity contribution < 1.29 is 14.3 Å². The highest BCUT2D eigenvalue weighted by atomic mass is 16.6. The molecular weight excluding hydrogens is 290 g/mol. The summed E-state index contributed by atoms with van der Waals surface area (Å²) in [6, 6.07) is 9.39. The first kappa shape index (κ1) is 17.3. The second kappa shape index (κ2) is 6.99. The zero-order valence-corrected chi connectivity index (χ0v) is 14.1. The molecule has 0 spiro atoms. The van der Waals surface area contributed by atoms with Crippen LogP contribution in [0.5, 0.6) is 0 Å². The second-order valence-corrected chi connectivity index (χ2v) is 6.98. The average molecular weight is 315 g/mol. The van der Waals surface area contributed by atoms with Crippen LogP contribution in [0.15, 0.2) is 43.0 Å². The molecule has 0 saturated carbocycles. The molecule has 1 aromatic rings. The molecule has 4 heteroatoms. The Morgan fingerprint density at radius 2 is 1.96 bits per heavy atom. The maximum absolute atomic E-state index is 12.6. The third-order valence-electron chi connectivity index (χ3n) is 3.84. The molecule has 1 amide bonds. The smallest absolute Gasteiger partial charge is 0.411 e. The van der Waals surface area contributed by atoms with Gasteiger partial charge < -0.3 is 4.74 Å². The lowest BCUT2D eigenvalue weighted by molar-refractivity contribution is -0.124. The number of ether oxygens (including phenoxy) is 1. The van der Waals surface area contributed by atoms with Crippen molar-refractivity contribution in [3.05, 3.63) is 48.6 Å². The Kier molecular flexibility index (Phi) is 5.24. The molecule has 4 nitrogen and oxygen atoms in total. The predicted octanol–water partition coefficient (Wildman–Crippen LogP) is 3.75. The molecule has 1 aliphatic heterocycles. The number of piperidine rings is 1. The van der Waals surface area contributed by atoms with Crippen LogP contribution in [-0.2, 0) is 16.0 Å². The van der Waals surface area contributed by atoms with Gasteiger partial charge in [0, 0.05) is 18.9 Å². The largest absolute Gasteiger partial charge is 0.444 e. The van der Waals surface area contributed by atoms with Crippen LogP contribution in [0, 0.1) is 0 Å². The van der Waals surface area contributed by atoms with Crippen molar-refractivity contribution in [1.29, 1.82) is 0 Å². The summed E-state index contributed by atoms with van der Waals surface area (Å²) in [6.45, 7) is 9.31. The van der Waals surface area contributed by atoms with Crippen molar-refractivity contribution in [3.8, 4) is 0 Å². The molecule has 23 heavy (non-hydrogen) atoms. The molecule has 2 rings (SSSR count). The molecule has 0 aromatic heterocycles. The van der Waals surface area contributed by atoms with E-state index in [1.807, 2.05) is 51.1 Å². The van der Waals surface area contributed by atoms with Crippen molar-refractivity contribution in [3.63, 3.8) is 0 Å². The minimum atomic E-state index is -0.568. The number of likely N-dealkylation sites (tertiary alicyclic amines) is 1. The van der Waals surface area contributed by atoms with Gasteiger partial charge >= 0.3 is 6.09 Å². The van der Waals surface area contributed by atoms with E-state index in [2.05, 4.69) is 6.58 Å². The van der Waals surface area contributed by atoms with Crippen molar-refractivity contribution in [1.82, 2.24) is 4.90 Å². The number of carbonyl (C=O) groups excluding carboxylic acids is 2. The molecule has 2 atom stereocenters. The first-order valence-corrected chi connectivity index (χ1v) is 7.99. The summed E-state index contributed by atoms with van der Waals surface area (Å²) in [5, 5.41) is 0. The van der Waals surface area contributed by atoms with E-state index in [1.165, 1.54) is 0 Å². The first-order chi connectivity index (χ1) is 10.8. The van der Waals surface area contributed by atoms with Crippen LogP contribution in [0.4, 0.5) is 4.79 Å². The molecule has 124 valence electrons. The first-order valence-electron chi connectivity index (χ1n) is 7.99. The number of amides is 1. The Morgan fingerprint density at radius 1 is 1.30 bits per heavy atom. The highest BCUT2D eigenvalue weighted by Crippen LogP contribution is 2.26. The number of benzene rings is 1. The molecule has 0 radical (unpaired) electrons. The minimum Gasteiger partial charge on any atom is -0.444 e. The lowest BCUT2D eigenvalue weighted by atomic mass is 9.90. The van der Waals surface area contributed by atoms with Gasteiger partial charge in [0.1, 0.15) is 11.4 Å². The second-order valence-electron chi connectivity index (χ2n) is 6.98. The molecule has 1 unspecified atom stereocenters. The Bertz CT molecular complexity index is 574. The zero-order chi connectivity index (χ0) is 17.0. The predicted molar refractivity (Wildman–Crippen MR) is 90.2 cm³/mol. The van der Waals surface area contributed by atoms with Crippen molar-refractivity contribution in [2.24, 2.45) is 0 Å². The standard InChI is InChI=1S/C19H25NO3/c1-5-15-12-17(21)13-16(11-14-9-7-6-8-10-14)20(15)18(22)23-19(2,3)4/h5-10,15-16H,1,11-13H2,2-4H3/t15-,16?/m1/s1. The maximum Gasteiger partial charge on any atom is 0.411 e. The number of hydrogen-bond acceptors (Lipinski definition) is 3. The summed E-state index contributed by atoms with van der Waals surface area (Å²) in [5.74, 6) is 0.163. The van der Waals surface area contributed by atoms with Gasteiger partial charge in [-0.3, -0.25) is 9.69 Å². The molecule has 1 fully saturated rings. The van der Waals surface area contributed by atoms with E-state index in [0.717, 1.165) is 5.56 Å². The summed E-state index contributed by atoms with van der Waals surface area (Å²) in [7, 11) is 0. The van der Waals surface area contributed by atoms with Crippen molar-refractivity contribution in [2.45, 2.75) is 57.7 Å². The third kappa shape index (κ3) is 4.68. The van der Waals surface area contributed by atoms with Crippen LogP contribution in [0.1, 0.15) is 39.2 Å². The van der Waals surface area contributed by atoms with Crippen LogP contribution < -0.4 is 0 Å². The average Bonchev–Trinajstić information content (AvgIpc) is 2.45. The van der Waals surface area contributed by atoms with Gasteiger partial charge in [-0.05, 0) is 32.8 Å². The lowest BCUT2D eigenvalue weighted by Crippen LogP contribution is -2.54. The Balaban J connectivity index is 2.24. The monoisotopic (exact) mass is 315 g/mol. The van der Waals surface area contributed by atoms with E-state index in [4.69, 9.17) is 4.74 Å². The molecule has 1 aliphatic rings. The fraction of sp³-hybridized carbons (Fsp3) is 0.474. The SMILES string of the molecule is C=C[C@@H]1CC(=O)CC(Cc2ccccc2)N1C(=O)OC(C)(C)C. The van der Waals surface area contributed by atoms with Gasteiger partial charge in [0.15, 0.2) is 0 Å². The van der Waals surface area contributed by atoms with Crippen molar-refractivity contribution >= 4 is 11.9 Å². The Labute approximate surface area is 138 Å². The minimum absolute atomic E-state index is 0.163. The van der Waals surface area contributed by atoms with E-state index < -0.39 is 5.60 Å². The number of rotatable bonds is 3. The number of nitrogens with zero attached hydrogens (tertiary/aromatic N) is 1. The van der Waals surface area contributed by atoms with Crippen LogP contribution in [0.2, 0.25) is 0 Å². The van der Waals surface area contributed by atoms with E-state index in [9.17, 15) is 9.59 Å². The van der Waals surface area contributed by atoms with Gasteiger partial charge in [0.05, 0.1) is 6.04 Å². The van der Waals surface area contributed by atoms with Gasteiger partial charge in [-0.25, -0.2) is 4.79 Å². The fourth-order valence-corrected chi connectivity index (χ4v) is 2.90. The zero-order valence-electron chi connectivity index (χ0n) is 14.1. The number of carbonyl (C=O) groups is 2. The molecule has 0 bridgehead atoms. The topological polar surface area (TPSA) is 46.6 Å². The van der Waals surface area contributed by atoms with Crippen LogP contribution in [-0.4, -0.2) is 34.5 Å². The third-order valence-corrected chi connectivity index (χ3v) is 3.84. The number of hydrogen-bond donors (Lipinski definition) is 0. The quantitative estimate of drug-likeness (QED) is 0.798. The summed E-state index contributed by atoms with van der Waals surface area (Å²) in [6.07, 6.45) is 2.59. The Hall–Kier alpha value is -2.10. The van der Waals surface area contributed by atoms with Gasteiger partial charge in [-0.15, -0.1) is 6.58 Å². The van der Waals surface area contributed by atoms with E-state index >= 15 is 0 Å². The lowest BCUT2D eigenvalue weighted by Gasteiger charge is -2.40. The van der Waals surface area contributed by atoms with Crippen LogP contribution in [0.25, 0.3) is 0 Å². The molecule has 1 heterocycles. The van der Waals surface area contributed by atoms with E-state index in [0.29, 0.717) is 19.3 Å². The fourth-order valence-electron chi connectivity index (χ4n) is 2.90. The van der Waals surface area contributed by atoms with Gasteiger partial charge in [0.25, 0.3) is 0 Å². The maximum atomic E-state index is 12.6. The Morgan fingerprint density at radius 3 is 2.52 bits per heavy atom. The number of ketones is 1. The molecule has 0 aliphatic carbocycles. The van der Waals surface area contributed by atoms with Crippen LogP contribution in [0.3, 0.4) is 0 Å². The van der Waals surface area contributed by atoms with Crippen molar-refractivity contribution in [2.75, 3.05) is 0 Å². The number of Topliss-reactive ketones (excluding diaryl/α,β-unsaturated/α-hetero) is 1. The highest BCUT2D eigenvalue weighted by Gasteiger charge is 2.38. The summed E-state index contributed by atoms with van der Waals surface area (Å²) in [5.41, 5.74) is 0.533. The van der Waals surface area contributed by atoms with E-state index in [1.54, 1.807) is 11.0 Å². The van der Waals surface area contributed by atoms with Crippen LogP contribution >= 0.6 is 0 Å². The summed E-state index contributed by atoms with van der Waals surface area (Å²) < 4.78 is 5.54. The molecule has 1 saturated heterocycles. The molecular formula is C19H25NO3. The normalized spacial score (nSPS) is 21.9. The summed E-state index contributed by atoms with van der Waals surface area (Å²) in [4.78, 5) is 26.4. The highest BCUT2D eigenvalue weighted by molar-refractivity contribution is 5.83. The van der Waals surface area contributed by atoms with Gasteiger partial charge in [-0.2, -0.15) is 0 Å². The van der Waals surface area contributed by atoms with E-state index in [-0.39, 0.29) is 24.0 Å². The molecule has 0 N–H and O–H groups in total.